The monoisotopic (exact) mass is 484 g/mol. The van der Waals surface area contributed by atoms with E-state index in [2.05, 4.69) is 16.0 Å². The summed E-state index contributed by atoms with van der Waals surface area (Å²) < 4.78 is 5.39. The van der Waals surface area contributed by atoms with Crippen molar-refractivity contribution in [3.63, 3.8) is 0 Å². The molecule has 9 nitrogen and oxygen atoms in total. The van der Waals surface area contributed by atoms with Gasteiger partial charge in [0.15, 0.2) is 0 Å². The van der Waals surface area contributed by atoms with E-state index in [9.17, 15) is 19.2 Å². The maximum absolute atomic E-state index is 13.3. The van der Waals surface area contributed by atoms with Crippen LogP contribution in [-0.4, -0.2) is 49.4 Å². The first kappa shape index (κ1) is 26.2. The highest BCUT2D eigenvalue weighted by molar-refractivity contribution is 6.03. The van der Waals surface area contributed by atoms with E-state index in [1.807, 2.05) is 39.0 Å². The Balaban J connectivity index is 1.73. The fourth-order valence-corrected chi connectivity index (χ4v) is 4.60. The zero-order valence-corrected chi connectivity index (χ0v) is 20.9. The Morgan fingerprint density at radius 1 is 1.20 bits per heavy atom. The van der Waals surface area contributed by atoms with Gasteiger partial charge in [-0.3, -0.25) is 19.2 Å². The average Bonchev–Trinajstić information content (AvgIpc) is 3.23. The number of rotatable bonds is 9. The number of hydrogen-bond donors (Lipinski definition) is 4. The first-order valence-electron chi connectivity index (χ1n) is 12.0. The third-order valence-corrected chi connectivity index (χ3v) is 6.39. The molecule has 1 aromatic rings. The highest BCUT2D eigenvalue weighted by atomic mass is 16.5. The first-order valence-corrected chi connectivity index (χ1v) is 12.0. The van der Waals surface area contributed by atoms with Gasteiger partial charge >= 0.3 is 0 Å². The average molecular weight is 485 g/mol. The number of piperidine rings is 1. The maximum atomic E-state index is 13.3. The van der Waals surface area contributed by atoms with Crippen molar-refractivity contribution in [1.82, 2.24) is 16.0 Å². The maximum Gasteiger partial charge on any atom is 0.248 e. The number of amides is 4. The second-order valence-corrected chi connectivity index (χ2v) is 10.5. The third kappa shape index (κ3) is 6.83. The summed E-state index contributed by atoms with van der Waals surface area (Å²) in [6, 6.07) is 3.76. The van der Waals surface area contributed by atoms with Crippen molar-refractivity contribution in [1.29, 1.82) is 0 Å². The van der Waals surface area contributed by atoms with Crippen LogP contribution in [0.5, 0.6) is 5.75 Å². The molecule has 4 amide bonds. The molecule has 190 valence electrons. The lowest BCUT2D eigenvalue weighted by Crippen LogP contribution is -2.55. The zero-order valence-electron chi connectivity index (χ0n) is 20.9. The number of benzene rings is 1. The fourth-order valence-electron chi connectivity index (χ4n) is 4.60. The van der Waals surface area contributed by atoms with Gasteiger partial charge in [-0.15, -0.1) is 0 Å². The molecule has 0 bridgehead atoms. The van der Waals surface area contributed by atoms with E-state index in [-0.39, 0.29) is 23.7 Å². The Morgan fingerprint density at radius 2 is 1.94 bits per heavy atom. The molecule has 0 saturated carbocycles. The van der Waals surface area contributed by atoms with Gasteiger partial charge in [-0.1, -0.05) is 32.9 Å². The molecule has 0 spiro atoms. The number of nitrogens with one attached hydrogen (secondary N) is 3. The summed E-state index contributed by atoms with van der Waals surface area (Å²) in [4.78, 5) is 50.7. The standard InChI is InChI=1S/C26H36N4O5/c1-26(2,3)14-20(25(34)29-19(22(27)31)13-16-8-6-10-28-23(16)32)30-24(33)17-11-15-7-5-9-21(35-4)18(15)12-17/h5,7,9,12,16,19-20H,6,8,10-11,13-14H2,1-4H3,(H2,27,31)(H,28,32)(H,29,34)(H,30,33)/t16-,19-,20-/m0/s1. The number of methoxy groups -OCH3 is 1. The molecule has 5 N–H and O–H groups in total. The number of hydrogen-bond acceptors (Lipinski definition) is 5. The molecule has 0 aromatic heterocycles. The van der Waals surface area contributed by atoms with Crippen LogP contribution >= 0.6 is 0 Å². The molecule has 1 aliphatic carbocycles. The Labute approximate surface area is 206 Å². The summed E-state index contributed by atoms with van der Waals surface area (Å²) in [7, 11) is 1.58. The van der Waals surface area contributed by atoms with E-state index in [0.717, 1.165) is 17.5 Å². The van der Waals surface area contributed by atoms with Crippen LogP contribution in [0.4, 0.5) is 0 Å². The number of fused-ring (bicyclic) bond motifs is 1. The van der Waals surface area contributed by atoms with E-state index >= 15 is 0 Å². The second kappa shape index (κ2) is 10.9. The number of primary amides is 1. The first-order chi connectivity index (χ1) is 16.5. The molecule has 3 rings (SSSR count). The van der Waals surface area contributed by atoms with Gasteiger partial charge in [0.25, 0.3) is 0 Å². The molecule has 35 heavy (non-hydrogen) atoms. The van der Waals surface area contributed by atoms with E-state index in [0.29, 0.717) is 37.1 Å². The largest absolute Gasteiger partial charge is 0.496 e. The molecule has 1 saturated heterocycles. The summed E-state index contributed by atoms with van der Waals surface area (Å²) in [6.45, 7) is 6.50. The van der Waals surface area contributed by atoms with Crippen molar-refractivity contribution in [2.24, 2.45) is 17.1 Å². The SMILES string of the molecule is COc1cccc2c1C=C(C(=O)N[C@@H](CC(C)(C)C)C(=O)N[C@@H](C[C@@H]1CCCNC1=O)C(N)=O)C2. The van der Waals surface area contributed by atoms with Crippen molar-refractivity contribution in [3.8, 4) is 5.75 Å². The summed E-state index contributed by atoms with van der Waals surface area (Å²) in [5, 5.41) is 8.32. The third-order valence-electron chi connectivity index (χ3n) is 6.39. The molecule has 2 aliphatic rings. The highest BCUT2D eigenvalue weighted by Crippen LogP contribution is 2.32. The van der Waals surface area contributed by atoms with Crippen LogP contribution in [0.2, 0.25) is 0 Å². The fraction of sp³-hybridized carbons (Fsp3) is 0.538. The Morgan fingerprint density at radius 3 is 2.57 bits per heavy atom. The van der Waals surface area contributed by atoms with Crippen LogP contribution in [0.1, 0.15) is 57.6 Å². The lowest BCUT2D eigenvalue weighted by molar-refractivity contribution is -0.132. The van der Waals surface area contributed by atoms with Gasteiger partial charge in [-0.2, -0.15) is 0 Å². The van der Waals surface area contributed by atoms with E-state index in [4.69, 9.17) is 10.5 Å². The molecular weight excluding hydrogens is 448 g/mol. The number of nitrogens with two attached hydrogens (primary N) is 1. The molecule has 0 unspecified atom stereocenters. The summed E-state index contributed by atoms with van der Waals surface area (Å²) in [5.74, 6) is -1.41. The van der Waals surface area contributed by atoms with Crippen molar-refractivity contribution in [2.45, 2.75) is 65.0 Å². The summed E-state index contributed by atoms with van der Waals surface area (Å²) in [5.41, 5.74) is 7.64. The van der Waals surface area contributed by atoms with Crippen molar-refractivity contribution in [2.75, 3.05) is 13.7 Å². The van der Waals surface area contributed by atoms with Crippen LogP contribution in [0.3, 0.4) is 0 Å². The highest BCUT2D eigenvalue weighted by Gasteiger charge is 2.33. The molecule has 3 atom stereocenters. The minimum atomic E-state index is -1.00. The van der Waals surface area contributed by atoms with Crippen molar-refractivity contribution < 1.29 is 23.9 Å². The van der Waals surface area contributed by atoms with Crippen molar-refractivity contribution >= 4 is 29.7 Å². The number of ether oxygens (including phenoxy) is 1. The smallest absolute Gasteiger partial charge is 0.248 e. The van der Waals surface area contributed by atoms with E-state index in [1.165, 1.54) is 0 Å². The molecule has 1 aromatic carbocycles. The van der Waals surface area contributed by atoms with E-state index in [1.54, 1.807) is 13.2 Å². The van der Waals surface area contributed by atoms with Crippen molar-refractivity contribution in [3.05, 3.63) is 34.9 Å². The molecule has 1 aliphatic heterocycles. The molecule has 9 heteroatoms. The number of carbonyl (C=O) groups is 4. The predicted molar refractivity (Wildman–Crippen MR) is 132 cm³/mol. The van der Waals surface area contributed by atoms with Crippen LogP contribution in [0, 0.1) is 11.3 Å². The minimum absolute atomic E-state index is 0.128. The Hall–Kier alpha value is -3.36. The van der Waals surface area contributed by atoms with Gasteiger partial charge in [0, 0.05) is 30.0 Å². The van der Waals surface area contributed by atoms with Gasteiger partial charge in [0.2, 0.25) is 23.6 Å². The Kier molecular flexibility index (Phi) is 8.19. The lowest BCUT2D eigenvalue weighted by atomic mass is 9.87. The lowest BCUT2D eigenvalue weighted by Gasteiger charge is -2.29. The van der Waals surface area contributed by atoms with Gasteiger partial charge in [-0.05, 0) is 48.8 Å². The van der Waals surface area contributed by atoms with E-state index < -0.39 is 29.8 Å². The Bertz CT molecular complexity index is 1030. The van der Waals surface area contributed by atoms with Crippen LogP contribution in [0.15, 0.2) is 23.8 Å². The summed E-state index contributed by atoms with van der Waals surface area (Å²) >= 11 is 0. The summed E-state index contributed by atoms with van der Waals surface area (Å²) in [6.07, 6.45) is 4.13. The van der Waals surface area contributed by atoms with Gasteiger partial charge in [-0.25, -0.2) is 0 Å². The molecule has 1 fully saturated rings. The van der Waals surface area contributed by atoms with Crippen LogP contribution < -0.4 is 26.4 Å². The topological polar surface area (TPSA) is 140 Å². The zero-order chi connectivity index (χ0) is 25.8. The number of carbonyl (C=O) groups excluding carboxylic acids is 4. The van der Waals surface area contributed by atoms with Gasteiger partial charge in [0.05, 0.1) is 7.11 Å². The molecule has 1 heterocycles. The molecule has 0 radical (unpaired) electrons. The molecular formula is C26H36N4O5. The van der Waals surface area contributed by atoms with Crippen LogP contribution in [0.25, 0.3) is 6.08 Å². The predicted octanol–water partition coefficient (Wildman–Crippen LogP) is 1.44. The minimum Gasteiger partial charge on any atom is -0.496 e. The van der Waals surface area contributed by atoms with Gasteiger partial charge < -0.3 is 26.4 Å². The normalized spacial score (nSPS) is 19.0. The van der Waals surface area contributed by atoms with Crippen LogP contribution in [-0.2, 0) is 25.6 Å². The quantitative estimate of drug-likeness (QED) is 0.420. The van der Waals surface area contributed by atoms with Gasteiger partial charge in [0.1, 0.15) is 17.8 Å². The second-order valence-electron chi connectivity index (χ2n) is 10.5.